The fraction of sp³-hybridized carbons (Fsp3) is 0.286. The van der Waals surface area contributed by atoms with Crippen molar-refractivity contribution in [2.75, 3.05) is 17.2 Å². The van der Waals surface area contributed by atoms with Crippen LogP contribution in [0.5, 0.6) is 0 Å². The van der Waals surface area contributed by atoms with Gasteiger partial charge in [-0.2, -0.15) is 0 Å². The first-order chi connectivity index (χ1) is 13.8. The van der Waals surface area contributed by atoms with Crippen molar-refractivity contribution in [3.63, 3.8) is 0 Å². The maximum atomic E-state index is 12.0. The molecule has 0 saturated heterocycles. The maximum Gasteiger partial charge on any atom is 0.306 e. The van der Waals surface area contributed by atoms with Crippen LogP contribution < -0.4 is 10.6 Å². The lowest BCUT2D eigenvalue weighted by Crippen LogP contribution is -2.22. The molecule has 0 fully saturated rings. The lowest BCUT2D eigenvalue weighted by molar-refractivity contribution is -0.147. The summed E-state index contributed by atoms with van der Waals surface area (Å²) in [7, 11) is 0. The summed E-state index contributed by atoms with van der Waals surface area (Å²) in [6, 6.07) is 10.7. The van der Waals surface area contributed by atoms with Crippen LogP contribution in [0.25, 0.3) is 0 Å². The summed E-state index contributed by atoms with van der Waals surface area (Å²) in [6.45, 7) is 3.43. The van der Waals surface area contributed by atoms with Crippen LogP contribution in [0.4, 0.5) is 11.4 Å². The molecule has 2 aromatic rings. The summed E-state index contributed by atoms with van der Waals surface area (Å²) in [6.07, 6.45) is 0.561. The second-order valence-electron chi connectivity index (χ2n) is 6.38. The third kappa shape index (κ3) is 7.51. The second kappa shape index (κ2) is 11.0. The first kappa shape index (κ1) is 22.9. The number of anilines is 2. The molecule has 0 aliphatic rings. The highest BCUT2D eigenvalue weighted by Crippen LogP contribution is 2.22. The van der Waals surface area contributed by atoms with Crippen molar-refractivity contribution in [2.45, 2.75) is 33.1 Å². The Balaban J connectivity index is 1.74. The normalized spacial score (nSPS) is 10.3. The fourth-order valence-corrected chi connectivity index (χ4v) is 3.08. The quantitative estimate of drug-likeness (QED) is 0.527. The topological polar surface area (TPSA) is 84.5 Å². The molecule has 2 aromatic carbocycles. The van der Waals surface area contributed by atoms with Crippen LogP contribution >= 0.6 is 27.5 Å². The van der Waals surface area contributed by atoms with E-state index < -0.39 is 18.5 Å². The number of halogens is 2. The van der Waals surface area contributed by atoms with Gasteiger partial charge >= 0.3 is 5.97 Å². The second-order valence-corrected chi connectivity index (χ2v) is 7.70. The van der Waals surface area contributed by atoms with E-state index in [9.17, 15) is 14.4 Å². The molecule has 0 aliphatic carbocycles. The molecule has 0 atom stereocenters. The molecule has 2 N–H and O–H groups in total. The Bertz CT molecular complexity index is 918. The predicted octanol–water partition coefficient (Wildman–Crippen LogP) is 4.87. The zero-order chi connectivity index (χ0) is 21.4. The molecule has 2 rings (SSSR count). The van der Waals surface area contributed by atoms with Gasteiger partial charge in [-0.25, -0.2) is 0 Å². The van der Waals surface area contributed by atoms with E-state index >= 15 is 0 Å². The predicted molar refractivity (Wildman–Crippen MR) is 117 cm³/mol. The van der Waals surface area contributed by atoms with E-state index in [1.165, 1.54) is 0 Å². The van der Waals surface area contributed by atoms with Crippen molar-refractivity contribution in [3.8, 4) is 0 Å². The average Bonchev–Trinajstić information content (AvgIpc) is 2.69. The molecule has 0 aromatic heterocycles. The van der Waals surface area contributed by atoms with Gasteiger partial charge in [0.1, 0.15) is 0 Å². The number of esters is 1. The number of ether oxygens (including phenoxy) is 1. The van der Waals surface area contributed by atoms with Gasteiger partial charge < -0.3 is 15.4 Å². The molecule has 154 valence electrons. The number of benzene rings is 2. The molecule has 2 amide bonds. The minimum Gasteiger partial charge on any atom is -0.456 e. The summed E-state index contributed by atoms with van der Waals surface area (Å²) >= 11 is 9.40. The van der Waals surface area contributed by atoms with Gasteiger partial charge in [0.25, 0.3) is 5.91 Å². The van der Waals surface area contributed by atoms with Crippen LogP contribution in [0, 0.1) is 6.92 Å². The minimum atomic E-state index is -0.622. The third-order valence-electron chi connectivity index (χ3n) is 4.10. The number of carbonyl (C=O) groups excluding carboxylic acids is 3. The average molecular weight is 482 g/mol. The number of hydrogen-bond donors (Lipinski definition) is 2. The van der Waals surface area contributed by atoms with Crippen LogP contribution in [0.15, 0.2) is 40.9 Å². The smallest absolute Gasteiger partial charge is 0.306 e. The summed E-state index contributed by atoms with van der Waals surface area (Å²) in [4.78, 5) is 35.8. The van der Waals surface area contributed by atoms with Crippen LogP contribution in [-0.4, -0.2) is 24.4 Å². The van der Waals surface area contributed by atoms with Gasteiger partial charge in [0.2, 0.25) is 5.91 Å². The Morgan fingerprint density at radius 2 is 1.79 bits per heavy atom. The lowest BCUT2D eigenvalue weighted by atomic mass is 10.1. The Morgan fingerprint density at radius 1 is 1.03 bits per heavy atom. The van der Waals surface area contributed by atoms with Gasteiger partial charge in [-0.1, -0.05) is 40.5 Å². The van der Waals surface area contributed by atoms with E-state index in [0.717, 1.165) is 22.0 Å². The first-order valence-corrected chi connectivity index (χ1v) is 10.3. The van der Waals surface area contributed by atoms with Crippen molar-refractivity contribution in [2.24, 2.45) is 0 Å². The van der Waals surface area contributed by atoms with E-state index in [0.29, 0.717) is 16.4 Å². The van der Waals surface area contributed by atoms with Crippen molar-refractivity contribution >= 4 is 56.7 Å². The zero-order valence-electron chi connectivity index (χ0n) is 16.2. The van der Waals surface area contributed by atoms with Crippen molar-refractivity contribution in [1.29, 1.82) is 0 Å². The zero-order valence-corrected chi connectivity index (χ0v) is 18.5. The van der Waals surface area contributed by atoms with Gasteiger partial charge in [0.05, 0.1) is 6.42 Å². The number of hydrogen-bond acceptors (Lipinski definition) is 4. The standard InChI is InChI=1S/C21H22BrClN2O4/c1-3-14-10-15(22)5-7-18(14)25-20(27)12-29-21(28)9-8-19(26)24-16-6-4-13(2)17(23)11-16/h4-7,10-11H,3,8-9,12H2,1-2H3,(H,24,26)(H,25,27). The maximum absolute atomic E-state index is 12.0. The van der Waals surface area contributed by atoms with Gasteiger partial charge in [-0.3, -0.25) is 14.4 Å². The van der Waals surface area contributed by atoms with Gasteiger partial charge in [-0.05, 0) is 54.8 Å². The Labute approximate surface area is 183 Å². The molecule has 0 saturated carbocycles. The van der Waals surface area contributed by atoms with E-state index in [2.05, 4.69) is 26.6 Å². The summed E-state index contributed by atoms with van der Waals surface area (Å²) < 4.78 is 5.87. The first-order valence-electron chi connectivity index (χ1n) is 9.08. The van der Waals surface area contributed by atoms with Gasteiger partial charge in [-0.15, -0.1) is 0 Å². The fourth-order valence-electron chi connectivity index (χ4n) is 2.49. The third-order valence-corrected chi connectivity index (χ3v) is 5.00. The van der Waals surface area contributed by atoms with Crippen LogP contribution in [-0.2, 0) is 25.5 Å². The van der Waals surface area contributed by atoms with Crippen LogP contribution in [0.2, 0.25) is 5.02 Å². The number of aryl methyl sites for hydroxylation is 2. The van der Waals surface area contributed by atoms with Gasteiger partial charge in [0.15, 0.2) is 6.61 Å². The Hall–Kier alpha value is -2.38. The molecule has 0 unspecified atom stereocenters. The summed E-state index contributed by atoms with van der Waals surface area (Å²) in [5.41, 5.74) is 3.10. The molecular formula is C21H22BrClN2O4. The lowest BCUT2D eigenvalue weighted by Gasteiger charge is -2.11. The van der Waals surface area contributed by atoms with Crippen LogP contribution in [0.3, 0.4) is 0 Å². The highest BCUT2D eigenvalue weighted by molar-refractivity contribution is 9.10. The molecule has 8 heteroatoms. The highest BCUT2D eigenvalue weighted by Gasteiger charge is 2.12. The van der Waals surface area contributed by atoms with E-state index in [4.69, 9.17) is 16.3 Å². The minimum absolute atomic E-state index is 0.0569. The molecule has 0 heterocycles. The van der Waals surface area contributed by atoms with Crippen molar-refractivity contribution < 1.29 is 19.1 Å². The van der Waals surface area contributed by atoms with Gasteiger partial charge in [0, 0.05) is 27.3 Å². The van der Waals surface area contributed by atoms with E-state index in [1.54, 1.807) is 24.3 Å². The molecular weight excluding hydrogens is 460 g/mol. The number of amides is 2. The van der Waals surface area contributed by atoms with Crippen molar-refractivity contribution in [3.05, 3.63) is 57.0 Å². The monoisotopic (exact) mass is 480 g/mol. The number of rotatable bonds is 8. The molecule has 29 heavy (non-hydrogen) atoms. The summed E-state index contributed by atoms with van der Waals surface area (Å²) in [5, 5.41) is 5.93. The molecule has 0 aliphatic heterocycles. The van der Waals surface area contributed by atoms with E-state index in [1.807, 2.05) is 26.0 Å². The molecule has 0 spiro atoms. The molecule has 6 nitrogen and oxygen atoms in total. The Kier molecular flexibility index (Phi) is 8.67. The highest BCUT2D eigenvalue weighted by atomic mass is 79.9. The molecule has 0 bridgehead atoms. The number of nitrogens with one attached hydrogen (secondary N) is 2. The van der Waals surface area contributed by atoms with Crippen molar-refractivity contribution in [1.82, 2.24) is 0 Å². The Morgan fingerprint density at radius 3 is 2.48 bits per heavy atom. The molecule has 0 radical (unpaired) electrons. The SMILES string of the molecule is CCc1cc(Br)ccc1NC(=O)COC(=O)CCC(=O)Nc1ccc(C)c(Cl)c1. The summed E-state index contributed by atoms with van der Waals surface area (Å²) in [5.74, 6) is -1.40. The number of carbonyl (C=O) groups is 3. The van der Waals surface area contributed by atoms with E-state index in [-0.39, 0.29) is 18.7 Å². The van der Waals surface area contributed by atoms with Crippen LogP contribution in [0.1, 0.15) is 30.9 Å². The largest absolute Gasteiger partial charge is 0.456 e.